The molecule has 15 heteroatoms. The van der Waals surface area contributed by atoms with Gasteiger partial charge in [0.25, 0.3) is 0 Å². The molecule has 8 nitrogen and oxygen atoms in total. The maximum atomic E-state index is 12.5. The van der Waals surface area contributed by atoms with E-state index in [9.17, 15) is 36.6 Å². The van der Waals surface area contributed by atoms with Crippen molar-refractivity contribution >= 4 is 24.2 Å². The summed E-state index contributed by atoms with van der Waals surface area (Å²) in [5, 5.41) is 37.0. The Bertz CT molecular complexity index is 1460. The molecule has 0 atom stereocenters. The first-order valence-electron chi connectivity index (χ1n) is 11.6. The van der Waals surface area contributed by atoms with E-state index in [1.54, 1.807) is 0 Å². The molecule has 2 aromatic heterocycles. The fourth-order valence-corrected chi connectivity index (χ4v) is 2.99. The van der Waals surface area contributed by atoms with Gasteiger partial charge in [-0.15, -0.1) is 0 Å². The van der Waals surface area contributed by atoms with E-state index < -0.39 is 35.3 Å². The van der Waals surface area contributed by atoms with Crippen LogP contribution in [0.15, 0.2) is 118 Å². The van der Waals surface area contributed by atoms with Gasteiger partial charge in [-0.05, 0) is 70.8 Å². The molecular formula is C28H18CoF6N6O2. The molecule has 0 aliphatic rings. The van der Waals surface area contributed by atoms with Crippen LogP contribution >= 0.6 is 0 Å². The summed E-state index contributed by atoms with van der Waals surface area (Å²) in [6.07, 6.45) is -0.943. The minimum absolute atomic E-state index is 0. The van der Waals surface area contributed by atoms with E-state index in [2.05, 4.69) is 30.4 Å². The van der Waals surface area contributed by atoms with Gasteiger partial charge in [0.2, 0.25) is 0 Å². The smallest absolute Gasteiger partial charge is 0.857 e. The minimum atomic E-state index is -4.42. The zero-order valence-electron chi connectivity index (χ0n) is 21.5. The summed E-state index contributed by atoms with van der Waals surface area (Å²) in [7, 11) is 0. The Balaban J connectivity index is 0.000000293. The Labute approximate surface area is 251 Å². The van der Waals surface area contributed by atoms with Crippen molar-refractivity contribution in [1.82, 2.24) is 9.97 Å². The molecule has 0 saturated carbocycles. The van der Waals surface area contributed by atoms with Gasteiger partial charge in [-0.25, -0.2) is 0 Å². The van der Waals surface area contributed by atoms with E-state index in [1.165, 1.54) is 73.3 Å². The summed E-state index contributed by atoms with van der Waals surface area (Å²) in [5.74, 6) is -1.19. The summed E-state index contributed by atoms with van der Waals surface area (Å²) >= 11 is 0. The second kappa shape index (κ2) is 15.9. The van der Waals surface area contributed by atoms with Gasteiger partial charge in [0.1, 0.15) is 0 Å². The van der Waals surface area contributed by atoms with Crippen LogP contribution < -0.4 is 10.2 Å². The molecule has 1 radical (unpaired) electrons. The molecule has 0 aliphatic heterocycles. The van der Waals surface area contributed by atoms with Gasteiger partial charge >= 0.3 is 29.1 Å². The number of rotatable bonds is 6. The van der Waals surface area contributed by atoms with Crippen LogP contribution in [0.25, 0.3) is 0 Å². The standard InChI is InChI=1S/2C14H10F3N3O.Co/c2*15-14(16,17)12-3-1-2-10(8-12)9-19-20-13(21)11-4-6-18-7-5-11;/h2*1-9H,(H,20,21);/q;;+2/p-2/b2*19-9+;. The number of halogens is 6. The number of alkyl halides is 6. The molecule has 4 aromatic rings. The van der Waals surface area contributed by atoms with Gasteiger partial charge in [-0.2, -0.15) is 46.7 Å². The van der Waals surface area contributed by atoms with Crippen LogP contribution in [0.2, 0.25) is 0 Å². The summed E-state index contributed by atoms with van der Waals surface area (Å²) in [6.45, 7) is 0. The van der Waals surface area contributed by atoms with Gasteiger partial charge in [-0.1, -0.05) is 24.3 Å². The second-order valence-corrected chi connectivity index (χ2v) is 8.02. The predicted molar refractivity (Wildman–Crippen MR) is 140 cm³/mol. The van der Waals surface area contributed by atoms with Crippen LogP contribution in [0.1, 0.15) is 33.4 Å². The molecule has 0 N–H and O–H groups in total. The number of benzene rings is 2. The molecule has 0 amide bonds. The maximum Gasteiger partial charge on any atom is 2.00 e. The molecule has 4 rings (SSSR count). The van der Waals surface area contributed by atoms with Crippen molar-refractivity contribution in [2.24, 2.45) is 20.4 Å². The molecule has 0 fully saturated rings. The minimum Gasteiger partial charge on any atom is -0.857 e. The second-order valence-electron chi connectivity index (χ2n) is 8.02. The van der Waals surface area contributed by atoms with Crippen LogP contribution in [0, 0.1) is 0 Å². The Hall–Kier alpha value is -4.89. The topological polar surface area (TPSA) is 121 Å². The summed E-state index contributed by atoms with van der Waals surface area (Å²) in [6, 6.07) is 15.0. The number of hydrogen-bond acceptors (Lipinski definition) is 8. The Morgan fingerprint density at radius 1 is 0.581 bits per heavy atom. The first-order valence-corrected chi connectivity index (χ1v) is 11.6. The van der Waals surface area contributed by atoms with Gasteiger partial charge in [0, 0.05) is 36.6 Å². The molecule has 0 aliphatic carbocycles. The number of hydrogen-bond donors (Lipinski definition) is 0. The van der Waals surface area contributed by atoms with Crippen molar-refractivity contribution < 1.29 is 53.3 Å². The van der Waals surface area contributed by atoms with Crippen LogP contribution in [-0.4, -0.2) is 34.2 Å². The average molecular weight is 643 g/mol. The number of pyridine rings is 2. The predicted octanol–water partition coefficient (Wildman–Crippen LogP) is 4.48. The summed E-state index contributed by atoms with van der Waals surface area (Å²) in [5.41, 5.74) is -0.566. The number of nitrogens with zero attached hydrogens (tertiary/aromatic N) is 6. The molecule has 0 saturated heterocycles. The van der Waals surface area contributed by atoms with Crippen LogP contribution in [0.4, 0.5) is 26.3 Å². The molecule has 223 valence electrons. The summed E-state index contributed by atoms with van der Waals surface area (Å²) in [4.78, 5) is 7.50. The fraction of sp³-hybridized carbons (Fsp3) is 0.0714. The Morgan fingerprint density at radius 2 is 0.930 bits per heavy atom. The zero-order chi connectivity index (χ0) is 30.6. The number of aromatic nitrogens is 2. The Kier molecular flexibility index (Phi) is 12.7. The third-order valence-electron chi connectivity index (χ3n) is 4.99. The van der Waals surface area contributed by atoms with E-state index >= 15 is 0 Å². The van der Waals surface area contributed by atoms with Crippen molar-refractivity contribution in [3.05, 3.63) is 131 Å². The molecule has 0 bridgehead atoms. The maximum absolute atomic E-state index is 12.5. The van der Waals surface area contributed by atoms with Gasteiger partial charge in [-0.3, -0.25) is 9.97 Å². The van der Waals surface area contributed by atoms with Crippen LogP contribution in [0.3, 0.4) is 0 Å². The van der Waals surface area contributed by atoms with Crippen molar-refractivity contribution in [2.75, 3.05) is 0 Å². The van der Waals surface area contributed by atoms with Crippen molar-refractivity contribution in [1.29, 1.82) is 0 Å². The molecule has 0 spiro atoms. The third kappa shape index (κ3) is 11.5. The molecule has 2 aromatic carbocycles. The van der Waals surface area contributed by atoms with Crippen molar-refractivity contribution in [3.63, 3.8) is 0 Å². The zero-order valence-corrected chi connectivity index (χ0v) is 22.5. The van der Waals surface area contributed by atoms with Crippen molar-refractivity contribution in [2.45, 2.75) is 12.4 Å². The first kappa shape index (κ1) is 34.3. The van der Waals surface area contributed by atoms with E-state index in [1.807, 2.05) is 0 Å². The largest absolute Gasteiger partial charge is 2.00 e. The van der Waals surface area contributed by atoms with E-state index in [4.69, 9.17) is 0 Å². The van der Waals surface area contributed by atoms with Gasteiger partial charge < -0.3 is 10.2 Å². The van der Waals surface area contributed by atoms with Gasteiger partial charge in [0.05, 0.1) is 23.6 Å². The van der Waals surface area contributed by atoms with Gasteiger partial charge in [0.15, 0.2) is 0 Å². The Morgan fingerprint density at radius 3 is 1.26 bits per heavy atom. The van der Waals surface area contributed by atoms with Crippen molar-refractivity contribution in [3.8, 4) is 0 Å². The monoisotopic (exact) mass is 643 g/mol. The molecule has 43 heavy (non-hydrogen) atoms. The molecule has 2 heterocycles. The van der Waals surface area contributed by atoms with E-state index in [0.29, 0.717) is 11.1 Å². The normalized spacial score (nSPS) is 12.5. The van der Waals surface area contributed by atoms with E-state index in [-0.39, 0.29) is 27.9 Å². The third-order valence-corrected chi connectivity index (χ3v) is 4.99. The first-order chi connectivity index (χ1) is 19.9. The van der Waals surface area contributed by atoms with Crippen LogP contribution in [0.5, 0.6) is 0 Å². The van der Waals surface area contributed by atoms with Crippen LogP contribution in [-0.2, 0) is 29.1 Å². The fourth-order valence-electron chi connectivity index (χ4n) is 2.99. The molecular weight excluding hydrogens is 625 g/mol. The summed E-state index contributed by atoms with van der Waals surface area (Å²) < 4.78 is 75.1. The van der Waals surface area contributed by atoms with E-state index in [0.717, 1.165) is 36.7 Å². The SMILES string of the molecule is [Co+2].[O-]/C(=N\N=C\c1cccc(C(F)(F)F)c1)c1ccncc1.[O-]/C(=N\N=C\c1cccc(C(F)(F)F)c1)c1ccncc1. The quantitative estimate of drug-likeness (QED) is 0.133. The average Bonchev–Trinajstić information content (AvgIpc) is 2.98. The molecule has 0 unspecified atom stereocenters.